The number of benzene rings is 1. The van der Waals surface area contributed by atoms with Gasteiger partial charge in [-0.3, -0.25) is 4.79 Å². The van der Waals surface area contributed by atoms with Crippen molar-refractivity contribution < 1.29 is 9.53 Å². The van der Waals surface area contributed by atoms with E-state index < -0.39 is 0 Å². The minimum absolute atomic E-state index is 0.0433. The van der Waals surface area contributed by atoms with Crippen LogP contribution in [0.2, 0.25) is 0 Å². The third kappa shape index (κ3) is 3.37. The number of hydrogen-bond acceptors (Lipinski definition) is 4. The van der Waals surface area contributed by atoms with Crippen LogP contribution < -0.4 is 10.1 Å². The van der Waals surface area contributed by atoms with E-state index in [1.165, 1.54) is 0 Å². The van der Waals surface area contributed by atoms with Crippen LogP contribution in [0.15, 0.2) is 36.4 Å². The molecule has 0 radical (unpaired) electrons. The Morgan fingerprint density at radius 3 is 2.71 bits per heavy atom. The molecule has 1 N–H and O–H groups in total. The molecule has 5 heteroatoms. The number of carbonyl (C=O) groups excluding carboxylic acids is 1. The van der Waals surface area contributed by atoms with Crippen molar-refractivity contribution in [2.24, 2.45) is 5.92 Å². The summed E-state index contributed by atoms with van der Waals surface area (Å²) >= 11 is 0. The quantitative estimate of drug-likeness (QED) is 0.915. The molecule has 1 aromatic heterocycles. The van der Waals surface area contributed by atoms with E-state index in [-0.39, 0.29) is 11.8 Å². The maximum absolute atomic E-state index is 11.6. The van der Waals surface area contributed by atoms with E-state index in [4.69, 9.17) is 4.74 Å². The molecule has 0 unspecified atom stereocenters. The number of amides is 1. The number of para-hydroxylation sites is 1. The summed E-state index contributed by atoms with van der Waals surface area (Å²) in [5.74, 6) is 1.56. The number of nitrogens with one attached hydrogen (secondary N) is 1. The van der Waals surface area contributed by atoms with Crippen LogP contribution in [0.5, 0.6) is 5.75 Å². The fourth-order valence-corrected chi connectivity index (χ4v) is 2.14. The lowest BCUT2D eigenvalue weighted by Gasteiger charge is -2.08. The Kier molecular flexibility index (Phi) is 3.81. The van der Waals surface area contributed by atoms with E-state index in [9.17, 15) is 4.79 Å². The Morgan fingerprint density at radius 1 is 1.24 bits per heavy atom. The number of nitrogens with zero attached hydrogens (tertiary/aromatic N) is 2. The molecular weight excluding hydrogens is 266 g/mol. The summed E-state index contributed by atoms with van der Waals surface area (Å²) in [6.07, 6.45) is 2.60. The summed E-state index contributed by atoms with van der Waals surface area (Å²) in [7, 11) is 1.65. The molecule has 0 saturated heterocycles. The highest BCUT2D eigenvalue weighted by atomic mass is 16.5. The second-order valence-electron chi connectivity index (χ2n) is 5.16. The highest BCUT2D eigenvalue weighted by Gasteiger charge is 2.29. The van der Waals surface area contributed by atoms with Gasteiger partial charge in [0.2, 0.25) is 5.91 Å². The van der Waals surface area contributed by atoms with Gasteiger partial charge in [-0.2, -0.15) is 5.10 Å². The number of aromatic nitrogens is 2. The molecule has 1 aliphatic carbocycles. The zero-order valence-electron chi connectivity index (χ0n) is 11.9. The number of hydrogen-bond donors (Lipinski definition) is 1. The van der Waals surface area contributed by atoms with Gasteiger partial charge in [0.25, 0.3) is 0 Å². The van der Waals surface area contributed by atoms with Crippen molar-refractivity contribution in [3.05, 3.63) is 47.7 Å². The Hall–Kier alpha value is -2.43. The normalized spacial score (nSPS) is 13.8. The second-order valence-corrected chi connectivity index (χ2v) is 5.16. The van der Waals surface area contributed by atoms with Gasteiger partial charge in [-0.25, -0.2) is 0 Å². The highest BCUT2D eigenvalue weighted by Crippen LogP contribution is 2.29. The zero-order valence-corrected chi connectivity index (χ0v) is 11.9. The Bertz CT molecular complexity index is 636. The third-order valence-corrected chi connectivity index (χ3v) is 3.48. The summed E-state index contributed by atoms with van der Waals surface area (Å²) in [6, 6.07) is 11.5. The molecule has 1 aromatic carbocycles. The maximum Gasteiger partial charge on any atom is 0.228 e. The number of methoxy groups -OCH3 is 1. The summed E-state index contributed by atoms with van der Waals surface area (Å²) in [4.78, 5) is 11.6. The molecule has 0 spiro atoms. The van der Waals surface area contributed by atoms with Crippen LogP contribution in [0.4, 0.5) is 5.82 Å². The van der Waals surface area contributed by atoms with Crippen LogP contribution in [-0.4, -0.2) is 23.2 Å². The summed E-state index contributed by atoms with van der Waals surface area (Å²) < 4.78 is 5.32. The van der Waals surface area contributed by atoms with Crippen LogP contribution in [0.3, 0.4) is 0 Å². The average molecular weight is 283 g/mol. The summed E-state index contributed by atoms with van der Waals surface area (Å²) in [6.45, 7) is 0. The van der Waals surface area contributed by atoms with Gasteiger partial charge in [0.15, 0.2) is 5.82 Å². The van der Waals surface area contributed by atoms with Crippen LogP contribution in [0.1, 0.15) is 24.1 Å². The molecule has 3 rings (SSSR count). The van der Waals surface area contributed by atoms with E-state index in [1.807, 2.05) is 30.3 Å². The molecule has 0 atom stereocenters. The molecule has 1 aliphatic rings. The topological polar surface area (TPSA) is 64.1 Å². The lowest BCUT2D eigenvalue weighted by atomic mass is 10.1. The Morgan fingerprint density at radius 2 is 2.05 bits per heavy atom. The van der Waals surface area contributed by atoms with Crippen LogP contribution in [-0.2, 0) is 11.2 Å². The first-order valence-corrected chi connectivity index (χ1v) is 7.01. The zero-order chi connectivity index (χ0) is 14.7. The third-order valence-electron chi connectivity index (χ3n) is 3.48. The van der Waals surface area contributed by atoms with Gasteiger partial charge >= 0.3 is 0 Å². The van der Waals surface area contributed by atoms with E-state index in [1.54, 1.807) is 13.2 Å². The summed E-state index contributed by atoms with van der Waals surface area (Å²) in [5, 5.41) is 11.0. The summed E-state index contributed by atoms with van der Waals surface area (Å²) in [5.41, 5.74) is 1.90. The van der Waals surface area contributed by atoms with Gasteiger partial charge in [-0.05, 0) is 31.0 Å². The smallest absolute Gasteiger partial charge is 0.228 e. The van der Waals surface area contributed by atoms with Gasteiger partial charge in [0.05, 0.1) is 12.8 Å². The molecule has 108 valence electrons. The van der Waals surface area contributed by atoms with Crippen LogP contribution in [0, 0.1) is 5.92 Å². The number of rotatable bonds is 5. The van der Waals surface area contributed by atoms with Gasteiger partial charge in [0.1, 0.15) is 5.75 Å². The van der Waals surface area contributed by atoms with Gasteiger partial charge in [0, 0.05) is 17.9 Å². The van der Waals surface area contributed by atoms with Crippen molar-refractivity contribution in [3.8, 4) is 5.75 Å². The van der Waals surface area contributed by atoms with E-state index in [0.29, 0.717) is 12.2 Å². The highest BCUT2D eigenvalue weighted by molar-refractivity contribution is 5.93. The van der Waals surface area contributed by atoms with Crippen molar-refractivity contribution in [3.63, 3.8) is 0 Å². The standard InChI is InChI=1S/C16H17N3O2/c1-21-14-5-3-2-4-12(14)10-13-8-9-15(19-18-13)17-16(20)11-6-7-11/h2-5,8-9,11H,6-7,10H2,1H3,(H,17,19,20). The van der Waals surface area contributed by atoms with E-state index in [2.05, 4.69) is 15.5 Å². The fraction of sp³-hybridized carbons (Fsp3) is 0.312. The molecule has 2 aromatic rings. The van der Waals surface area contributed by atoms with Crippen molar-refractivity contribution in [2.45, 2.75) is 19.3 Å². The van der Waals surface area contributed by atoms with Crippen molar-refractivity contribution >= 4 is 11.7 Å². The lowest BCUT2D eigenvalue weighted by Crippen LogP contribution is -2.14. The molecule has 0 bridgehead atoms. The predicted octanol–water partition coefficient (Wildman–Crippen LogP) is 2.42. The number of anilines is 1. The fourth-order valence-electron chi connectivity index (χ4n) is 2.14. The average Bonchev–Trinajstić information content (AvgIpc) is 3.34. The molecule has 1 fully saturated rings. The maximum atomic E-state index is 11.6. The van der Waals surface area contributed by atoms with Gasteiger partial charge in [-0.1, -0.05) is 18.2 Å². The van der Waals surface area contributed by atoms with Gasteiger partial charge in [-0.15, -0.1) is 5.10 Å². The largest absolute Gasteiger partial charge is 0.496 e. The van der Waals surface area contributed by atoms with Crippen LogP contribution in [0.25, 0.3) is 0 Å². The minimum Gasteiger partial charge on any atom is -0.496 e. The van der Waals surface area contributed by atoms with Crippen molar-refractivity contribution in [1.29, 1.82) is 0 Å². The van der Waals surface area contributed by atoms with E-state index in [0.717, 1.165) is 29.8 Å². The number of ether oxygens (including phenoxy) is 1. The Labute approximate surface area is 123 Å². The molecule has 21 heavy (non-hydrogen) atoms. The van der Waals surface area contributed by atoms with E-state index >= 15 is 0 Å². The molecule has 1 amide bonds. The molecule has 5 nitrogen and oxygen atoms in total. The first kappa shape index (κ1) is 13.5. The SMILES string of the molecule is COc1ccccc1Cc1ccc(NC(=O)C2CC2)nn1. The van der Waals surface area contributed by atoms with Crippen molar-refractivity contribution in [1.82, 2.24) is 10.2 Å². The Balaban J connectivity index is 1.67. The second kappa shape index (κ2) is 5.91. The van der Waals surface area contributed by atoms with Gasteiger partial charge < -0.3 is 10.1 Å². The lowest BCUT2D eigenvalue weighted by molar-refractivity contribution is -0.117. The van der Waals surface area contributed by atoms with Crippen molar-refractivity contribution in [2.75, 3.05) is 12.4 Å². The molecule has 1 saturated carbocycles. The predicted molar refractivity (Wildman–Crippen MR) is 79.2 cm³/mol. The molecule has 1 heterocycles. The first-order chi connectivity index (χ1) is 10.3. The monoisotopic (exact) mass is 283 g/mol. The number of carbonyl (C=O) groups is 1. The van der Waals surface area contributed by atoms with Crippen LogP contribution >= 0.6 is 0 Å². The first-order valence-electron chi connectivity index (χ1n) is 7.01. The molecular formula is C16H17N3O2. The molecule has 0 aliphatic heterocycles. The minimum atomic E-state index is 0.0433.